The third-order valence-electron chi connectivity index (χ3n) is 4.01. The van der Waals surface area contributed by atoms with E-state index in [2.05, 4.69) is 60.6 Å². The molecule has 4 heteroatoms. The first-order chi connectivity index (χ1) is 11.2. The molecule has 0 aliphatic carbocycles. The molecule has 0 aliphatic rings. The van der Waals surface area contributed by atoms with E-state index in [-0.39, 0.29) is 6.61 Å². The third-order valence-corrected chi connectivity index (χ3v) is 4.01. The fourth-order valence-corrected chi connectivity index (χ4v) is 2.69. The molecular formula is C19H21N3O. The van der Waals surface area contributed by atoms with Crippen LogP contribution in [0.4, 0.5) is 0 Å². The highest BCUT2D eigenvalue weighted by Crippen LogP contribution is 2.17. The first-order valence-electron chi connectivity index (χ1n) is 7.84. The van der Waals surface area contributed by atoms with E-state index < -0.39 is 0 Å². The molecule has 2 aromatic carbocycles. The van der Waals surface area contributed by atoms with E-state index in [1.807, 2.05) is 16.8 Å². The summed E-state index contributed by atoms with van der Waals surface area (Å²) in [4.78, 5) is 0. The third kappa shape index (κ3) is 3.48. The minimum atomic E-state index is -0.0882. The van der Waals surface area contributed by atoms with Crippen LogP contribution in [0.2, 0.25) is 0 Å². The lowest BCUT2D eigenvalue weighted by Gasteiger charge is -2.09. The molecule has 0 bridgehead atoms. The molecule has 0 saturated heterocycles. The number of rotatable bonds is 5. The zero-order valence-corrected chi connectivity index (χ0v) is 13.5. The summed E-state index contributed by atoms with van der Waals surface area (Å²) in [5, 5.41) is 17.9. The number of aryl methyl sites for hydroxylation is 3. The van der Waals surface area contributed by atoms with Gasteiger partial charge >= 0.3 is 0 Å². The number of hydrogen-bond donors (Lipinski definition) is 1. The van der Waals surface area contributed by atoms with E-state index in [9.17, 15) is 5.11 Å². The lowest BCUT2D eigenvalue weighted by Crippen LogP contribution is -2.06. The van der Waals surface area contributed by atoms with E-state index >= 15 is 0 Å². The summed E-state index contributed by atoms with van der Waals surface area (Å²) in [6.07, 6.45) is 1.69. The van der Waals surface area contributed by atoms with Gasteiger partial charge in [0.05, 0.1) is 18.0 Å². The second-order valence-corrected chi connectivity index (χ2v) is 5.88. The first-order valence-corrected chi connectivity index (χ1v) is 7.84. The van der Waals surface area contributed by atoms with Crippen molar-refractivity contribution >= 4 is 0 Å². The Kier molecular flexibility index (Phi) is 4.53. The zero-order chi connectivity index (χ0) is 16.2. The highest BCUT2D eigenvalue weighted by atomic mass is 16.3. The van der Waals surface area contributed by atoms with E-state index in [0.717, 1.165) is 24.2 Å². The van der Waals surface area contributed by atoms with Crippen molar-refractivity contribution in [2.45, 2.75) is 33.3 Å². The Labute approximate surface area is 136 Å². The van der Waals surface area contributed by atoms with Gasteiger partial charge < -0.3 is 5.11 Å². The second kappa shape index (κ2) is 6.75. The summed E-state index contributed by atoms with van der Waals surface area (Å²) in [5.41, 5.74) is 6.31. The van der Waals surface area contributed by atoms with E-state index in [1.54, 1.807) is 0 Å². The SMILES string of the molecule is Cc1ccc(CCc2c(CO)nnn2-c2cccc(C)c2)cc1. The van der Waals surface area contributed by atoms with Crippen molar-refractivity contribution in [2.75, 3.05) is 0 Å². The molecule has 0 saturated carbocycles. The summed E-state index contributed by atoms with van der Waals surface area (Å²) in [6, 6.07) is 16.7. The molecule has 0 spiro atoms. The van der Waals surface area contributed by atoms with Gasteiger partial charge in [0.25, 0.3) is 0 Å². The number of benzene rings is 2. The molecule has 3 rings (SSSR count). The summed E-state index contributed by atoms with van der Waals surface area (Å²) >= 11 is 0. The number of nitrogens with zero attached hydrogens (tertiary/aromatic N) is 3. The Balaban J connectivity index is 1.88. The molecule has 3 aromatic rings. The molecule has 1 heterocycles. The molecule has 0 atom stereocenters. The highest BCUT2D eigenvalue weighted by Gasteiger charge is 2.13. The van der Waals surface area contributed by atoms with E-state index in [4.69, 9.17) is 0 Å². The van der Waals surface area contributed by atoms with E-state index in [0.29, 0.717) is 5.69 Å². The lowest BCUT2D eigenvalue weighted by molar-refractivity contribution is 0.275. The minimum absolute atomic E-state index is 0.0882. The van der Waals surface area contributed by atoms with Crippen LogP contribution in [0.25, 0.3) is 5.69 Å². The van der Waals surface area contributed by atoms with Gasteiger partial charge in [-0.25, -0.2) is 4.68 Å². The summed E-state index contributed by atoms with van der Waals surface area (Å²) in [5.74, 6) is 0. The van der Waals surface area contributed by atoms with Crippen molar-refractivity contribution in [1.82, 2.24) is 15.0 Å². The van der Waals surface area contributed by atoms with Crippen molar-refractivity contribution in [1.29, 1.82) is 0 Å². The van der Waals surface area contributed by atoms with Gasteiger partial charge in [-0.3, -0.25) is 0 Å². The number of aliphatic hydroxyl groups excluding tert-OH is 1. The van der Waals surface area contributed by atoms with Crippen LogP contribution in [-0.4, -0.2) is 20.1 Å². The Morgan fingerprint density at radius 3 is 2.43 bits per heavy atom. The largest absolute Gasteiger partial charge is 0.390 e. The fraction of sp³-hybridized carbons (Fsp3) is 0.263. The summed E-state index contributed by atoms with van der Waals surface area (Å²) in [6.45, 7) is 4.05. The van der Waals surface area contributed by atoms with E-state index in [1.165, 1.54) is 16.7 Å². The average molecular weight is 307 g/mol. The number of aliphatic hydroxyl groups is 1. The van der Waals surface area contributed by atoms with Crippen molar-refractivity contribution < 1.29 is 5.11 Å². The van der Waals surface area contributed by atoms with Crippen LogP contribution in [-0.2, 0) is 19.4 Å². The highest BCUT2D eigenvalue weighted by molar-refractivity contribution is 5.37. The zero-order valence-electron chi connectivity index (χ0n) is 13.5. The molecule has 4 nitrogen and oxygen atoms in total. The molecule has 0 aliphatic heterocycles. The van der Waals surface area contributed by atoms with Crippen LogP contribution >= 0.6 is 0 Å². The van der Waals surface area contributed by atoms with Gasteiger partial charge in [-0.05, 0) is 49.9 Å². The molecule has 1 N–H and O–H groups in total. The van der Waals surface area contributed by atoms with Gasteiger partial charge in [0.2, 0.25) is 0 Å². The molecule has 0 unspecified atom stereocenters. The van der Waals surface area contributed by atoms with Crippen LogP contribution in [0, 0.1) is 13.8 Å². The predicted molar refractivity (Wildman–Crippen MR) is 90.6 cm³/mol. The number of hydrogen-bond acceptors (Lipinski definition) is 3. The molecule has 118 valence electrons. The topological polar surface area (TPSA) is 50.9 Å². The van der Waals surface area contributed by atoms with Crippen molar-refractivity contribution in [3.05, 3.63) is 76.6 Å². The van der Waals surface area contributed by atoms with Crippen molar-refractivity contribution in [3.8, 4) is 5.69 Å². The van der Waals surface area contributed by atoms with Crippen LogP contribution in [0.3, 0.4) is 0 Å². The lowest BCUT2D eigenvalue weighted by atomic mass is 10.1. The molecular weight excluding hydrogens is 286 g/mol. The van der Waals surface area contributed by atoms with Crippen LogP contribution in [0.1, 0.15) is 28.1 Å². The standard InChI is InChI=1S/C19H21N3O/c1-14-6-8-16(9-7-14)10-11-19-18(13-23)20-21-22(19)17-5-3-4-15(2)12-17/h3-9,12,23H,10-11,13H2,1-2H3. The molecule has 0 radical (unpaired) electrons. The molecule has 0 fully saturated rings. The Morgan fingerprint density at radius 1 is 0.957 bits per heavy atom. The van der Waals surface area contributed by atoms with Gasteiger partial charge in [0, 0.05) is 0 Å². The van der Waals surface area contributed by atoms with Crippen LogP contribution in [0.15, 0.2) is 48.5 Å². The smallest absolute Gasteiger partial charge is 0.112 e. The minimum Gasteiger partial charge on any atom is -0.390 e. The Bertz CT molecular complexity index is 791. The molecule has 1 aromatic heterocycles. The second-order valence-electron chi connectivity index (χ2n) is 5.88. The first kappa shape index (κ1) is 15.4. The average Bonchev–Trinajstić information content (AvgIpc) is 2.97. The van der Waals surface area contributed by atoms with Gasteiger partial charge in [0.1, 0.15) is 5.69 Å². The maximum Gasteiger partial charge on any atom is 0.112 e. The fourth-order valence-electron chi connectivity index (χ4n) is 2.69. The van der Waals surface area contributed by atoms with Crippen molar-refractivity contribution in [2.24, 2.45) is 0 Å². The van der Waals surface area contributed by atoms with Crippen molar-refractivity contribution in [3.63, 3.8) is 0 Å². The summed E-state index contributed by atoms with van der Waals surface area (Å²) in [7, 11) is 0. The predicted octanol–water partition coefficient (Wildman–Crippen LogP) is 3.16. The normalized spacial score (nSPS) is 10.9. The van der Waals surface area contributed by atoms with Gasteiger partial charge in [0.15, 0.2) is 0 Å². The summed E-state index contributed by atoms with van der Waals surface area (Å²) < 4.78 is 1.84. The Morgan fingerprint density at radius 2 is 1.74 bits per heavy atom. The molecule has 23 heavy (non-hydrogen) atoms. The van der Waals surface area contributed by atoms with Gasteiger partial charge in [-0.1, -0.05) is 47.2 Å². The van der Waals surface area contributed by atoms with Gasteiger partial charge in [-0.2, -0.15) is 0 Å². The van der Waals surface area contributed by atoms with Crippen LogP contribution in [0.5, 0.6) is 0 Å². The number of aromatic nitrogens is 3. The Hall–Kier alpha value is -2.46. The quantitative estimate of drug-likeness (QED) is 0.787. The molecule has 0 amide bonds. The maximum absolute atomic E-state index is 9.55. The van der Waals surface area contributed by atoms with Crippen LogP contribution < -0.4 is 0 Å². The monoisotopic (exact) mass is 307 g/mol. The van der Waals surface area contributed by atoms with Gasteiger partial charge in [-0.15, -0.1) is 5.10 Å². The maximum atomic E-state index is 9.55.